The second kappa shape index (κ2) is 3.89. The predicted octanol–water partition coefficient (Wildman–Crippen LogP) is 3.75. The zero-order chi connectivity index (χ0) is 10.8. The van der Waals surface area contributed by atoms with Crippen LogP contribution in [-0.4, -0.2) is 4.57 Å². The molecule has 0 aliphatic heterocycles. The van der Waals surface area contributed by atoms with E-state index < -0.39 is 0 Å². The number of hydrogen-bond acceptors (Lipinski definition) is 0. The summed E-state index contributed by atoms with van der Waals surface area (Å²) in [5.74, 6) is -0.181. The molecule has 0 bridgehead atoms. The first-order valence-corrected chi connectivity index (χ1v) is 5.04. The minimum absolute atomic E-state index is 0.181. The highest BCUT2D eigenvalue weighted by Crippen LogP contribution is 2.17. The molecule has 1 aromatic carbocycles. The van der Waals surface area contributed by atoms with Crippen LogP contribution < -0.4 is 0 Å². The highest BCUT2D eigenvalue weighted by Gasteiger charge is 2.00. The van der Waals surface area contributed by atoms with E-state index >= 15 is 0 Å². The Morgan fingerprint density at radius 1 is 1.33 bits per heavy atom. The van der Waals surface area contributed by atoms with E-state index in [0.29, 0.717) is 0 Å². The normalized spacial score (nSPS) is 10.6. The summed E-state index contributed by atoms with van der Waals surface area (Å²) in [4.78, 5) is 0. The highest BCUT2D eigenvalue weighted by atomic mass is 19.1. The fourth-order valence-corrected chi connectivity index (χ4v) is 1.60. The zero-order valence-electron chi connectivity index (χ0n) is 9.00. The Morgan fingerprint density at radius 2 is 2.13 bits per heavy atom. The molecule has 0 N–H and O–H groups in total. The van der Waals surface area contributed by atoms with Crippen LogP contribution in [0.1, 0.15) is 13.8 Å². The van der Waals surface area contributed by atoms with E-state index in [-0.39, 0.29) is 5.82 Å². The van der Waals surface area contributed by atoms with Crippen molar-refractivity contribution < 1.29 is 4.39 Å². The van der Waals surface area contributed by atoms with Crippen LogP contribution in [0.5, 0.6) is 0 Å². The van der Waals surface area contributed by atoms with Crippen LogP contribution >= 0.6 is 0 Å². The smallest absolute Gasteiger partial charge is 0.125 e. The number of nitrogens with zero attached hydrogens (tertiary/aromatic N) is 1. The first-order chi connectivity index (χ1) is 7.16. The molecule has 0 saturated carbocycles. The monoisotopic (exact) mass is 203 g/mol. The van der Waals surface area contributed by atoms with Crippen LogP contribution in [0, 0.1) is 5.82 Å². The lowest BCUT2D eigenvalue weighted by molar-refractivity contribution is 0.628. The van der Waals surface area contributed by atoms with E-state index in [4.69, 9.17) is 0 Å². The summed E-state index contributed by atoms with van der Waals surface area (Å²) < 4.78 is 15.1. The molecule has 78 valence electrons. The molecule has 0 aliphatic carbocycles. The Labute approximate surface area is 88.8 Å². The summed E-state index contributed by atoms with van der Waals surface area (Å²) in [5.41, 5.74) is 2.22. The zero-order valence-corrected chi connectivity index (χ0v) is 9.00. The van der Waals surface area contributed by atoms with Crippen LogP contribution in [0.25, 0.3) is 10.9 Å². The third kappa shape index (κ3) is 2.09. The van der Waals surface area contributed by atoms with Gasteiger partial charge in [-0.05, 0) is 43.5 Å². The predicted molar refractivity (Wildman–Crippen MR) is 61.3 cm³/mol. The van der Waals surface area contributed by atoms with Crippen molar-refractivity contribution in [3.05, 3.63) is 47.9 Å². The van der Waals surface area contributed by atoms with Crippen LogP contribution in [0.15, 0.2) is 42.1 Å². The molecule has 0 unspecified atom stereocenters. The van der Waals surface area contributed by atoms with Gasteiger partial charge in [-0.15, -0.1) is 0 Å². The Balaban J connectivity index is 2.43. The van der Waals surface area contributed by atoms with Crippen molar-refractivity contribution in [1.82, 2.24) is 4.57 Å². The third-order valence-electron chi connectivity index (χ3n) is 2.43. The lowest BCUT2D eigenvalue weighted by Crippen LogP contribution is -1.93. The molecule has 1 aromatic heterocycles. The molecule has 0 aliphatic rings. The number of benzene rings is 1. The molecule has 1 heterocycles. The van der Waals surface area contributed by atoms with Gasteiger partial charge in [-0.1, -0.05) is 11.6 Å². The fourth-order valence-electron chi connectivity index (χ4n) is 1.60. The topological polar surface area (TPSA) is 4.93 Å². The van der Waals surface area contributed by atoms with Gasteiger partial charge < -0.3 is 4.57 Å². The van der Waals surface area contributed by atoms with E-state index in [2.05, 4.69) is 19.9 Å². The number of aromatic nitrogens is 1. The average Bonchev–Trinajstić information content (AvgIpc) is 2.57. The first kappa shape index (κ1) is 9.97. The molecule has 2 heteroatoms. The SMILES string of the molecule is CC(C)=CCn1ccc2ccc(F)cc21. The summed E-state index contributed by atoms with van der Waals surface area (Å²) in [6.07, 6.45) is 4.12. The Morgan fingerprint density at radius 3 is 2.87 bits per heavy atom. The Bertz CT molecular complexity index is 504. The van der Waals surface area contributed by atoms with Crippen molar-refractivity contribution in [2.75, 3.05) is 0 Å². The van der Waals surface area contributed by atoms with Crippen LogP contribution in [-0.2, 0) is 6.54 Å². The largest absolute Gasteiger partial charge is 0.344 e. The molecule has 15 heavy (non-hydrogen) atoms. The minimum Gasteiger partial charge on any atom is -0.344 e. The maximum atomic E-state index is 13.1. The molecule has 0 atom stereocenters. The number of halogens is 1. The third-order valence-corrected chi connectivity index (χ3v) is 2.43. The van der Waals surface area contributed by atoms with Gasteiger partial charge in [0.1, 0.15) is 5.82 Å². The van der Waals surface area contributed by atoms with Gasteiger partial charge in [-0.2, -0.15) is 0 Å². The second-order valence-electron chi connectivity index (χ2n) is 3.95. The molecule has 2 rings (SSSR count). The summed E-state index contributed by atoms with van der Waals surface area (Å²) in [7, 11) is 0. The van der Waals surface area contributed by atoms with Gasteiger partial charge in [0.05, 0.1) is 5.52 Å². The molecule has 0 amide bonds. The van der Waals surface area contributed by atoms with Gasteiger partial charge in [-0.25, -0.2) is 4.39 Å². The van der Waals surface area contributed by atoms with E-state index in [1.165, 1.54) is 11.6 Å². The molecular weight excluding hydrogens is 189 g/mol. The van der Waals surface area contributed by atoms with E-state index in [0.717, 1.165) is 17.4 Å². The van der Waals surface area contributed by atoms with Gasteiger partial charge in [-0.3, -0.25) is 0 Å². The van der Waals surface area contributed by atoms with Crippen LogP contribution in [0.2, 0.25) is 0 Å². The van der Waals surface area contributed by atoms with Crippen LogP contribution in [0.4, 0.5) is 4.39 Å². The second-order valence-corrected chi connectivity index (χ2v) is 3.95. The van der Waals surface area contributed by atoms with Gasteiger partial charge in [0.15, 0.2) is 0 Å². The van der Waals surface area contributed by atoms with Crippen molar-refractivity contribution in [3.63, 3.8) is 0 Å². The van der Waals surface area contributed by atoms with Gasteiger partial charge in [0, 0.05) is 12.7 Å². The lowest BCUT2D eigenvalue weighted by Gasteiger charge is -2.01. The molecular formula is C13H14FN. The maximum absolute atomic E-state index is 13.1. The average molecular weight is 203 g/mol. The quantitative estimate of drug-likeness (QED) is 0.655. The number of rotatable bonds is 2. The highest BCUT2D eigenvalue weighted by molar-refractivity contribution is 5.80. The van der Waals surface area contributed by atoms with Crippen molar-refractivity contribution in [3.8, 4) is 0 Å². The first-order valence-electron chi connectivity index (χ1n) is 5.04. The number of hydrogen-bond donors (Lipinski definition) is 0. The minimum atomic E-state index is -0.181. The van der Waals surface area contributed by atoms with Gasteiger partial charge in [0.2, 0.25) is 0 Å². The van der Waals surface area contributed by atoms with Crippen molar-refractivity contribution in [2.45, 2.75) is 20.4 Å². The summed E-state index contributed by atoms with van der Waals surface area (Å²) in [6.45, 7) is 4.92. The van der Waals surface area contributed by atoms with E-state index in [1.807, 2.05) is 22.9 Å². The summed E-state index contributed by atoms with van der Waals surface area (Å²) in [6, 6.07) is 6.89. The van der Waals surface area contributed by atoms with Gasteiger partial charge in [0.25, 0.3) is 0 Å². The molecule has 0 radical (unpaired) electrons. The Hall–Kier alpha value is -1.57. The summed E-state index contributed by atoms with van der Waals surface area (Å²) in [5, 5.41) is 1.08. The molecule has 0 fully saturated rings. The molecule has 0 saturated heterocycles. The van der Waals surface area contributed by atoms with Crippen molar-refractivity contribution in [2.24, 2.45) is 0 Å². The van der Waals surface area contributed by atoms with Crippen LogP contribution in [0.3, 0.4) is 0 Å². The fraction of sp³-hybridized carbons (Fsp3) is 0.231. The number of allylic oxidation sites excluding steroid dienone is 2. The molecule has 2 aromatic rings. The van der Waals surface area contributed by atoms with E-state index in [9.17, 15) is 4.39 Å². The Kier molecular flexibility index (Phi) is 2.58. The van der Waals surface area contributed by atoms with Crippen molar-refractivity contribution in [1.29, 1.82) is 0 Å². The standard InChI is InChI=1S/C13H14FN/c1-10(2)5-7-15-8-6-11-3-4-12(14)9-13(11)15/h3-6,8-9H,7H2,1-2H3. The molecule has 1 nitrogen and oxygen atoms in total. The van der Waals surface area contributed by atoms with Crippen molar-refractivity contribution >= 4 is 10.9 Å². The lowest BCUT2D eigenvalue weighted by atomic mass is 10.2. The molecule has 0 spiro atoms. The van der Waals surface area contributed by atoms with Gasteiger partial charge >= 0.3 is 0 Å². The van der Waals surface area contributed by atoms with E-state index in [1.54, 1.807) is 6.07 Å². The number of fused-ring (bicyclic) bond motifs is 1. The summed E-state index contributed by atoms with van der Waals surface area (Å²) >= 11 is 0. The maximum Gasteiger partial charge on any atom is 0.125 e.